The van der Waals surface area contributed by atoms with Gasteiger partial charge in [0.2, 0.25) is 0 Å². The zero-order valence-corrected chi connectivity index (χ0v) is 11.2. The summed E-state index contributed by atoms with van der Waals surface area (Å²) in [6.45, 7) is 8.63. The molecule has 16 heavy (non-hydrogen) atoms. The molecule has 88 valence electrons. The van der Waals surface area contributed by atoms with E-state index in [-0.39, 0.29) is 5.41 Å². The van der Waals surface area contributed by atoms with E-state index in [1.54, 1.807) is 0 Å². The highest BCUT2D eigenvalue weighted by Crippen LogP contribution is 2.22. The number of aryl methyl sites for hydroxylation is 1. The fourth-order valence-corrected chi connectivity index (χ4v) is 1.68. The number of nitrogens with zero attached hydrogens (tertiary/aromatic N) is 2. The minimum absolute atomic E-state index is 0.0639. The van der Waals surface area contributed by atoms with Gasteiger partial charge < -0.3 is 4.90 Å². The van der Waals surface area contributed by atoms with E-state index in [0.717, 1.165) is 11.5 Å². The first-order chi connectivity index (χ1) is 7.30. The van der Waals surface area contributed by atoms with E-state index in [1.807, 2.05) is 14.1 Å². The third-order valence-corrected chi connectivity index (χ3v) is 2.36. The molecule has 0 amide bonds. The van der Waals surface area contributed by atoms with Gasteiger partial charge in [-0.2, -0.15) is 0 Å². The summed E-state index contributed by atoms with van der Waals surface area (Å²) >= 11 is 0. The van der Waals surface area contributed by atoms with Crippen molar-refractivity contribution in [3.8, 4) is 0 Å². The quantitative estimate of drug-likeness (QED) is 0.519. The van der Waals surface area contributed by atoms with Gasteiger partial charge in [0.15, 0.2) is 0 Å². The number of hydrogen-bond acceptors (Lipinski definition) is 1. The molecule has 0 bridgehead atoms. The topological polar surface area (TPSA) is 15.6 Å². The van der Waals surface area contributed by atoms with Crippen LogP contribution in [0.25, 0.3) is 0 Å². The third kappa shape index (κ3) is 3.37. The van der Waals surface area contributed by atoms with Gasteiger partial charge in [-0.05, 0) is 19.1 Å². The van der Waals surface area contributed by atoms with Crippen LogP contribution >= 0.6 is 0 Å². The smallest absolute Gasteiger partial charge is 0.110 e. The summed E-state index contributed by atoms with van der Waals surface area (Å²) in [6, 6.07) is 8.30. The lowest BCUT2D eigenvalue weighted by atomic mass is 9.94. The molecule has 0 radical (unpaired) electrons. The summed E-state index contributed by atoms with van der Waals surface area (Å²) in [4.78, 5) is 6.80. The third-order valence-electron chi connectivity index (χ3n) is 2.36. The van der Waals surface area contributed by atoms with Crippen molar-refractivity contribution >= 4 is 11.5 Å². The largest absolute Gasteiger partial charge is 0.366 e. The van der Waals surface area contributed by atoms with Crippen molar-refractivity contribution in [3.05, 3.63) is 29.8 Å². The Labute approximate surface area is 99.0 Å². The maximum atomic E-state index is 4.71. The van der Waals surface area contributed by atoms with E-state index in [4.69, 9.17) is 4.99 Å². The van der Waals surface area contributed by atoms with Gasteiger partial charge in [-0.25, -0.2) is 4.99 Å². The Kier molecular flexibility index (Phi) is 3.74. The first-order valence-electron chi connectivity index (χ1n) is 5.64. The van der Waals surface area contributed by atoms with E-state index in [0.29, 0.717) is 0 Å². The monoisotopic (exact) mass is 218 g/mol. The maximum Gasteiger partial charge on any atom is 0.110 e. The van der Waals surface area contributed by atoms with Crippen molar-refractivity contribution in [2.45, 2.75) is 27.7 Å². The molecule has 0 saturated heterocycles. The summed E-state index contributed by atoms with van der Waals surface area (Å²) in [6.07, 6.45) is 0. The van der Waals surface area contributed by atoms with Crippen LogP contribution in [0.3, 0.4) is 0 Å². The fraction of sp³-hybridized carbons (Fsp3) is 0.500. The van der Waals surface area contributed by atoms with Crippen molar-refractivity contribution in [1.82, 2.24) is 4.90 Å². The molecule has 0 atom stereocenters. The summed E-state index contributed by atoms with van der Waals surface area (Å²) in [5, 5.41) is 0. The lowest BCUT2D eigenvalue weighted by Crippen LogP contribution is -2.33. The normalized spacial score (nSPS) is 12.8. The molecule has 2 heteroatoms. The summed E-state index contributed by atoms with van der Waals surface area (Å²) < 4.78 is 0. The second kappa shape index (κ2) is 4.69. The summed E-state index contributed by atoms with van der Waals surface area (Å²) in [5.41, 5.74) is 2.35. The number of aliphatic imine (C=N–C) groups is 1. The minimum atomic E-state index is 0.0639. The predicted octanol–water partition coefficient (Wildman–Crippen LogP) is 3.63. The van der Waals surface area contributed by atoms with Gasteiger partial charge in [-0.3, -0.25) is 0 Å². The molecular weight excluding hydrogens is 196 g/mol. The summed E-state index contributed by atoms with van der Waals surface area (Å²) in [5.74, 6) is 1.09. The standard InChI is InChI=1S/C14H22N2/c1-11-7-9-12(10-8-11)15-13(16(5)6)14(2,3)4/h7-10H,1-6H3. The van der Waals surface area contributed by atoms with Crippen molar-refractivity contribution < 1.29 is 0 Å². The Bertz CT molecular complexity index is 367. The number of amidine groups is 1. The predicted molar refractivity (Wildman–Crippen MR) is 71.4 cm³/mol. The number of hydrogen-bond donors (Lipinski definition) is 0. The van der Waals surface area contributed by atoms with E-state index >= 15 is 0 Å². The molecule has 1 rings (SSSR count). The molecule has 0 aliphatic heterocycles. The van der Waals surface area contributed by atoms with E-state index in [9.17, 15) is 0 Å². The van der Waals surface area contributed by atoms with Gasteiger partial charge in [0.1, 0.15) is 5.84 Å². The molecule has 0 aromatic heterocycles. The van der Waals surface area contributed by atoms with Crippen molar-refractivity contribution in [3.63, 3.8) is 0 Å². The van der Waals surface area contributed by atoms with Crippen LogP contribution in [0.1, 0.15) is 26.3 Å². The van der Waals surface area contributed by atoms with Crippen LogP contribution in [-0.2, 0) is 0 Å². The fourth-order valence-electron chi connectivity index (χ4n) is 1.68. The van der Waals surface area contributed by atoms with Crippen molar-refractivity contribution in [2.24, 2.45) is 10.4 Å². The van der Waals surface area contributed by atoms with Crippen molar-refractivity contribution in [1.29, 1.82) is 0 Å². The molecule has 0 unspecified atom stereocenters. The Morgan fingerprint density at radius 2 is 1.56 bits per heavy atom. The highest BCUT2D eigenvalue weighted by atomic mass is 15.1. The zero-order chi connectivity index (χ0) is 12.3. The molecule has 0 fully saturated rings. The highest BCUT2D eigenvalue weighted by molar-refractivity contribution is 5.89. The zero-order valence-electron chi connectivity index (χ0n) is 11.2. The van der Waals surface area contributed by atoms with Gasteiger partial charge in [0.05, 0.1) is 5.69 Å². The maximum absolute atomic E-state index is 4.71. The molecule has 2 nitrogen and oxygen atoms in total. The van der Waals surface area contributed by atoms with Crippen LogP contribution in [0.5, 0.6) is 0 Å². The van der Waals surface area contributed by atoms with Crippen LogP contribution in [0.4, 0.5) is 5.69 Å². The van der Waals surface area contributed by atoms with E-state index in [2.05, 4.69) is 56.9 Å². The Balaban J connectivity index is 3.08. The lowest BCUT2D eigenvalue weighted by Gasteiger charge is -2.27. The second-order valence-corrected chi connectivity index (χ2v) is 5.42. The number of benzene rings is 1. The van der Waals surface area contributed by atoms with Crippen LogP contribution in [0.2, 0.25) is 0 Å². The molecule has 0 saturated carbocycles. The van der Waals surface area contributed by atoms with E-state index in [1.165, 1.54) is 5.56 Å². The van der Waals surface area contributed by atoms with Gasteiger partial charge in [-0.15, -0.1) is 0 Å². The van der Waals surface area contributed by atoms with Crippen LogP contribution in [-0.4, -0.2) is 24.8 Å². The molecule has 0 spiro atoms. The van der Waals surface area contributed by atoms with Gasteiger partial charge in [0.25, 0.3) is 0 Å². The summed E-state index contributed by atoms with van der Waals surface area (Å²) in [7, 11) is 4.08. The first kappa shape index (κ1) is 12.8. The Hall–Kier alpha value is -1.31. The van der Waals surface area contributed by atoms with Gasteiger partial charge in [0, 0.05) is 19.5 Å². The van der Waals surface area contributed by atoms with Crippen LogP contribution in [0, 0.1) is 12.3 Å². The molecule has 1 aromatic carbocycles. The average molecular weight is 218 g/mol. The average Bonchev–Trinajstić information content (AvgIpc) is 2.14. The molecule has 0 aliphatic rings. The van der Waals surface area contributed by atoms with Gasteiger partial charge >= 0.3 is 0 Å². The molecule has 0 aliphatic carbocycles. The highest BCUT2D eigenvalue weighted by Gasteiger charge is 2.20. The second-order valence-electron chi connectivity index (χ2n) is 5.42. The molecular formula is C14H22N2. The molecule has 0 N–H and O–H groups in total. The Morgan fingerprint density at radius 3 is 1.94 bits per heavy atom. The minimum Gasteiger partial charge on any atom is -0.366 e. The molecule has 0 heterocycles. The first-order valence-corrected chi connectivity index (χ1v) is 5.64. The van der Waals surface area contributed by atoms with Gasteiger partial charge in [-0.1, -0.05) is 38.5 Å². The molecule has 1 aromatic rings. The van der Waals surface area contributed by atoms with Crippen LogP contribution < -0.4 is 0 Å². The number of rotatable bonds is 1. The SMILES string of the molecule is Cc1ccc(N=C(N(C)C)C(C)(C)C)cc1. The Morgan fingerprint density at radius 1 is 1.06 bits per heavy atom. The van der Waals surface area contributed by atoms with E-state index < -0.39 is 0 Å². The van der Waals surface area contributed by atoms with Crippen LogP contribution in [0.15, 0.2) is 29.3 Å². The van der Waals surface area contributed by atoms with Crippen molar-refractivity contribution in [2.75, 3.05) is 14.1 Å². The lowest BCUT2D eigenvalue weighted by molar-refractivity contribution is 0.481.